The zero-order chi connectivity index (χ0) is 24.7. The largest absolute Gasteiger partial charge is 0.493 e. The number of aliphatic imine (C=N–C) groups is 1. The van der Waals surface area contributed by atoms with Crippen molar-refractivity contribution < 1.29 is 18.3 Å². The van der Waals surface area contributed by atoms with Gasteiger partial charge in [-0.1, -0.05) is 23.7 Å². The summed E-state index contributed by atoms with van der Waals surface area (Å²) in [6.07, 6.45) is 3.20. The topological polar surface area (TPSA) is 93.5 Å². The number of fused-ring (bicyclic) bond motifs is 2. The number of carbonyl (C=O) groups excluding carboxylic acids is 1. The number of amides is 1. The number of carbonyl (C=O) groups is 1. The average molecular weight is 517 g/mol. The molecule has 3 aliphatic heterocycles. The molecule has 35 heavy (non-hydrogen) atoms. The molecule has 0 saturated carbocycles. The minimum absolute atomic E-state index is 0.0476. The molecule has 0 spiro atoms. The van der Waals surface area contributed by atoms with E-state index in [2.05, 4.69) is 9.89 Å². The molecule has 3 aliphatic rings. The molecule has 1 amide bonds. The lowest BCUT2D eigenvalue weighted by molar-refractivity contribution is -0.132. The van der Waals surface area contributed by atoms with Crippen molar-refractivity contribution in [1.29, 1.82) is 0 Å². The van der Waals surface area contributed by atoms with E-state index in [0.29, 0.717) is 18.1 Å². The molecule has 1 saturated heterocycles. The minimum Gasteiger partial charge on any atom is -0.493 e. The van der Waals surface area contributed by atoms with Crippen LogP contribution in [0.25, 0.3) is 10.8 Å². The lowest BCUT2D eigenvalue weighted by Crippen LogP contribution is -2.51. The van der Waals surface area contributed by atoms with E-state index < -0.39 is 9.84 Å². The van der Waals surface area contributed by atoms with Gasteiger partial charge in [-0.2, -0.15) is 0 Å². The number of aliphatic hydroxyl groups is 1. The number of sulfone groups is 1. The Morgan fingerprint density at radius 2 is 1.74 bits per heavy atom. The third-order valence-corrected chi connectivity index (χ3v) is 9.18. The number of piperidine rings is 1. The van der Waals surface area contributed by atoms with Gasteiger partial charge in [0.25, 0.3) is 0 Å². The molecule has 2 aromatic rings. The number of benzene rings is 2. The first kappa shape index (κ1) is 23.9. The number of aliphatic hydroxyl groups excluding tert-OH is 1. The molecule has 0 aromatic heterocycles. The third kappa shape index (κ3) is 4.71. The average Bonchev–Trinajstić information content (AvgIpc) is 3.24. The van der Waals surface area contributed by atoms with Crippen LogP contribution in [-0.2, 0) is 14.6 Å². The highest BCUT2D eigenvalue weighted by Gasteiger charge is 2.35. The second-order valence-electron chi connectivity index (χ2n) is 9.34. The Bertz CT molecular complexity index is 1320. The fourth-order valence-electron chi connectivity index (χ4n) is 5.16. The van der Waals surface area contributed by atoms with Crippen LogP contribution >= 0.6 is 11.6 Å². The number of rotatable bonds is 5. The fraction of sp³-hybridized carbons (Fsp3) is 0.440. The number of halogens is 1. The first-order valence-corrected chi connectivity index (χ1v) is 14.0. The third-order valence-electron chi connectivity index (χ3n) is 7.23. The molecule has 0 aliphatic carbocycles. The fourth-order valence-corrected chi connectivity index (χ4v) is 6.61. The Balaban J connectivity index is 1.17. The molecule has 1 fully saturated rings. The molecule has 2 aromatic carbocycles. The molecule has 5 rings (SSSR count). The lowest BCUT2D eigenvalue weighted by Gasteiger charge is -2.43. The normalized spacial score (nSPS) is 21.2. The summed E-state index contributed by atoms with van der Waals surface area (Å²) in [5, 5.41) is 13.0. The van der Waals surface area contributed by atoms with Gasteiger partial charge in [0, 0.05) is 43.7 Å². The molecule has 0 radical (unpaired) electrons. The number of allylic oxidation sites excluding steroid dienone is 1. The van der Waals surface area contributed by atoms with E-state index in [1.165, 1.54) is 0 Å². The van der Waals surface area contributed by atoms with E-state index in [0.717, 1.165) is 42.4 Å². The predicted molar refractivity (Wildman–Crippen MR) is 136 cm³/mol. The summed E-state index contributed by atoms with van der Waals surface area (Å²) in [7, 11) is -3.59. The quantitative estimate of drug-likeness (QED) is 0.654. The van der Waals surface area contributed by atoms with Crippen LogP contribution in [0.15, 0.2) is 57.9 Å². The molecule has 3 heterocycles. The van der Waals surface area contributed by atoms with Crippen molar-refractivity contribution in [3.8, 4) is 0 Å². The molecule has 8 nitrogen and oxygen atoms in total. The molecule has 1 atom stereocenters. The van der Waals surface area contributed by atoms with E-state index in [4.69, 9.17) is 11.6 Å². The van der Waals surface area contributed by atoms with Gasteiger partial charge in [-0.05, 0) is 54.8 Å². The standard InChI is InChI=1S/C25H29ClN4O4S/c1-17-27-16-23-25(32)30(12-11-29(17)23)21-6-9-28(10-7-21)24(31)8-13-35(33,34)22-5-3-18-14-20(26)4-2-19(18)15-22/h2-5,14-17,21,32H,6-13H2,1H3. The second kappa shape index (κ2) is 9.35. The van der Waals surface area contributed by atoms with Gasteiger partial charge in [-0.3, -0.25) is 9.79 Å². The van der Waals surface area contributed by atoms with Crippen molar-refractivity contribution >= 4 is 44.3 Å². The molecular weight excluding hydrogens is 488 g/mol. The number of likely N-dealkylation sites (tertiary alicyclic amines) is 1. The van der Waals surface area contributed by atoms with Crippen molar-refractivity contribution in [1.82, 2.24) is 14.7 Å². The first-order chi connectivity index (χ1) is 16.7. The van der Waals surface area contributed by atoms with E-state index >= 15 is 0 Å². The highest BCUT2D eigenvalue weighted by molar-refractivity contribution is 7.91. The smallest absolute Gasteiger partial charge is 0.223 e. The van der Waals surface area contributed by atoms with Gasteiger partial charge in [0.1, 0.15) is 11.9 Å². The number of hydrogen-bond acceptors (Lipinski definition) is 7. The summed E-state index contributed by atoms with van der Waals surface area (Å²) in [5.74, 6) is -0.112. The number of hydrogen-bond donors (Lipinski definition) is 1. The summed E-state index contributed by atoms with van der Waals surface area (Å²) >= 11 is 6.01. The molecular formula is C25H29ClN4O4S. The summed E-state index contributed by atoms with van der Waals surface area (Å²) in [5.41, 5.74) is 0.768. The summed E-state index contributed by atoms with van der Waals surface area (Å²) < 4.78 is 25.8. The van der Waals surface area contributed by atoms with Gasteiger partial charge in [-0.15, -0.1) is 0 Å². The lowest BCUT2D eigenvalue weighted by atomic mass is 10.0. The van der Waals surface area contributed by atoms with Gasteiger partial charge in [0.15, 0.2) is 9.84 Å². The van der Waals surface area contributed by atoms with E-state index in [9.17, 15) is 18.3 Å². The zero-order valence-electron chi connectivity index (χ0n) is 19.6. The van der Waals surface area contributed by atoms with Crippen LogP contribution < -0.4 is 0 Å². The summed E-state index contributed by atoms with van der Waals surface area (Å²) in [6.45, 7) is 4.63. The Hall–Kier alpha value is -2.78. The monoisotopic (exact) mass is 516 g/mol. The van der Waals surface area contributed by atoms with Gasteiger partial charge in [0.05, 0.1) is 16.9 Å². The molecule has 186 valence electrons. The van der Waals surface area contributed by atoms with Crippen molar-refractivity contribution in [2.24, 2.45) is 4.99 Å². The van der Waals surface area contributed by atoms with Crippen LogP contribution in [0.2, 0.25) is 5.02 Å². The van der Waals surface area contributed by atoms with Crippen LogP contribution in [-0.4, -0.2) is 84.5 Å². The first-order valence-electron chi connectivity index (χ1n) is 11.9. The molecule has 1 unspecified atom stereocenters. The van der Waals surface area contributed by atoms with Crippen LogP contribution in [0.1, 0.15) is 26.2 Å². The van der Waals surface area contributed by atoms with Crippen molar-refractivity contribution in [2.75, 3.05) is 31.9 Å². The summed E-state index contributed by atoms with van der Waals surface area (Å²) in [6, 6.07) is 10.4. The van der Waals surface area contributed by atoms with Crippen molar-refractivity contribution in [2.45, 2.75) is 43.3 Å². The van der Waals surface area contributed by atoms with Crippen LogP contribution in [0.4, 0.5) is 0 Å². The zero-order valence-corrected chi connectivity index (χ0v) is 21.2. The Labute approximate surface area is 210 Å². The molecule has 1 N–H and O–H groups in total. The van der Waals surface area contributed by atoms with E-state index in [1.807, 2.05) is 11.8 Å². The van der Waals surface area contributed by atoms with Gasteiger partial charge in [-0.25, -0.2) is 8.42 Å². The van der Waals surface area contributed by atoms with Crippen molar-refractivity contribution in [3.63, 3.8) is 0 Å². The van der Waals surface area contributed by atoms with Gasteiger partial charge in [0.2, 0.25) is 11.8 Å². The minimum atomic E-state index is -3.59. The van der Waals surface area contributed by atoms with Gasteiger partial charge < -0.3 is 19.8 Å². The Kier molecular flexibility index (Phi) is 6.40. The second-order valence-corrected chi connectivity index (χ2v) is 11.9. The van der Waals surface area contributed by atoms with E-state index in [-0.39, 0.29) is 41.1 Å². The molecule has 10 heteroatoms. The van der Waals surface area contributed by atoms with Crippen LogP contribution in [0, 0.1) is 0 Å². The van der Waals surface area contributed by atoms with Crippen LogP contribution in [0.3, 0.4) is 0 Å². The molecule has 0 bridgehead atoms. The Morgan fingerprint density at radius 1 is 1.06 bits per heavy atom. The highest BCUT2D eigenvalue weighted by Crippen LogP contribution is 2.29. The van der Waals surface area contributed by atoms with Crippen molar-refractivity contribution in [3.05, 3.63) is 53.0 Å². The van der Waals surface area contributed by atoms with E-state index in [1.54, 1.807) is 47.5 Å². The maximum Gasteiger partial charge on any atom is 0.223 e. The van der Waals surface area contributed by atoms with Gasteiger partial charge >= 0.3 is 0 Å². The Morgan fingerprint density at radius 3 is 2.51 bits per heavy atom. The highest BCUT2D eigenvalue weighted by atomic mass is 35.5. The van der Waals surface area contributed by atoms with Crippen LogP contribution in [0.5, 0.6) is 0 Å². The summed E-state index contributed by atoms with van der Waals surface area (Å²) in [4.78, 5) is 23.3. The predicted octanol–water partition coefficient (Wildman–Crippen LogP) is 3.42. The number of nitrogens with zero attached hydrogens (tertiary/aromatic N) is 4. The maximum atomic E-state index is 12.9. The maximum absolute atomic E-state index is 12.9. The SMILES string of the molecule is CC1N=CC2=C(O)N(C3CCN(C(=O)CCS(=O)(=O)c4ccc5cc(Cl)ccc5c4)CC3)CCN21.